The molecule has 0 bridgehead atoms. The fourth-order valence-corrected chi connectivity index (χ4v) is 2.89. The van der Waals surface area contributed by atoms with Gasteiger partial charge in [0.05, 0.1) is 33.1 Å². The average molecular weight is 423 g/mol. The minimum atomic E-state index is -3.29. The predicted octanol–water partition coefficient (Wildman–Crippen LogP) is 2.58. The SMILES string of the molecule is COc1ccc([C@@H](C)NC(=O)/C=C/c2ccc(CN(C)S(C)(=O)=O)o2)cc1OC. The molecule has 1 aromatic carbocycles. The normalized spacial score (nSPS) is 12.9. The van der Waals surface area contributed by atoms with Crippen LogP contribution in [-0.4, -0.2) is 46.2 Å². The molecule has 0 unspecified atom stereocenters. The predicted molar refractivity (Wildman–Crippen MR) is 110 cm³/mol. The molecule has 0 saturated heterocycles. The molecule has 0 spiro atoms. The van der Waals surface area contributed by atoms with Crippen LogP contribution in [0.2, 0.25) is 0 Å². The zero-order chi connectivity index (χ0) is 21.6. The molecule has 9 heteroatoms. The van der Waals surface area contributed by atoms with E-state index >= 15 is 0 Å². The van der Waals surface area contributed by atoms with Gasteiger partial charge in [-0.25, -0.2) is 8.42 Å². The number of benzene rings is 1. The number of rotatable bonds is 9. The first-order chi connectivity index (χ1) is 13.6. The van der Waals surface area contributed by atoms with Gasteiger partial charge >= 0.3 is 0 Å². The first-order valence-corrected chi connectivity index (χ1v) is 10.7. The van der Waals surface area contributed by atoms with Crippen LogP contribution in [-0.2, 0) is 21.4 Å². The van der Waals surface area contributed by atoms with Crippen molar-refractivity contribution in [3.8, 4) is 11.5 Å². The maximum Gasteiger partial charge on any atom is 0.244 e. The Morgan fingerprint density at radius 1 is 1.21 bits per heavy atom. The van der Waals surface area contributed by atoms with Gasteiger partial charge in [0.2, 0.25) is 15.9 Å². The van der Waals surface area contributed by atoms with Crippen molar-refractivity contribution in [2.45, 2.75) is 19.5 Å². The van der Waals surface area contributed by atoms with E-state index < -0.39 is 10.0 Å². The average Bonchev–Trinajstić information content (AvgIpc) is 3.12. The summed E-state index contributed by atoms with van der Waals surface area (Å²) in [6.07, 6.45) is 4.02. The highest BCUT2D eigenvalue weighted by Gasteiger charge is 2.14. The summed E-state index contributed by atoms with van der Waals surface area (Å²) in [6, 6.07) is 8.54. The number of hydrogen-bond acceptors (Lipinski definition) is 6. The van der Waals surface area contributed by atoms with Crippen LogP contribution in [0.5, 0.6) is 11.5 Å². The quantitative estimate of drug-likeness (QED) is 0.624. The Morgan fingerprint density at radius 3 is 2.52 bits per heavy atom. The lowest BCUT2D eigenvalue weighted by Crippen LogP contribution is -2.24. The van der Waals surface area contributed by atoms with Gasteiger partial charge in [-0.05, 0) is 42.8 Å². The van der Waals surface area contributed by atoms with Gasteiger partial charge in [-0.1, -0.05) is 6.07 Å². The van der Waals surface area contributed by atoms with Gasteiger partial charge in [0, 0.05) is 13.1 Å². The molecule has 2 aromatic rings. The number of nitrogens with zero attached hydrogens (tertiary/aromatic N) is 1. The molecule has 1 aromatic heterocycles. The number of sulfonamides is 1. The number of carbonyl (C=O) groups is 1. The molecule has 0 aliphatic rings. The smallest absolute Gasteiger partial charge is 0.244 e. The summed E-state index contributed by atoms with van der Waals surface area (Å²) in [4.78, 5) is 12.2. The second-order valence-electron chi connectivity index (χ2n) is 6.50. The lowest BCUT2D eigenvalue weighted by Gasteiger charge is -2.15. The summed E-state index contributed by atoms with van der Waals surface area (Å²) in [5, 5.41) is 2.86. The Morgan fingerprint density at radius 2 is 1.90 bits per heavy atom. The highest BCUT2D eigenvalue weighted by Crippen LogP contribution is 2.29. The van der Waals surface area contributed by atoms with Crippen molar-refractivity contribution in [2.75, 3.05) is 27.5 Å². The topological polar surface area (TPSA) is 98.1 Å². The monoisotopic (exact) mass is 422 g/mol. The van der Waals surface area contributed by atoms with Gasteiger partial charge in [-0.15, -0.1) is 0 Å². The zero-order valence-corrected chi connectivity index (χ0v) is 17.9. The first kappa shape index (κ1) is 22.5. The number of methoxy groups -OCH3 is 2. The van der Waals surface area contributed by atoms with Crippen LogP contribution in [0, 0.1) is 0 Å². The maximum absolute atomic E-state index is 12.2. The molecule has 1 N–H and O–H groups in total. The van der Waals surface area contributed by atoms with Crippen molar-refractivity contribution in [1.82, 2.24) is 9.62 Å². The molecule has 0 aliphatic heterocycles. The number of amides is 1. The van der Waals surface area contributed by atoms with Crippen LogP contribution in [0.3, 0.4) is 0 Å². The van der Waals surface area contributed by atoms with E-state index in [0.717, 1.165) is 11.8 Å². The Hall–Kier alpha value is -2.78. The van der Waals surface area contributed by atoms with Gasteiger partial charge in [-0.2, -0.15) is 4.31 Å². The summed E-state index contributed by atoms with van der Waals surface area (Å²) >= 11 is 0. The summed E-state index contributed by atoms with van der Waals surface area (Å²) in [6.45, 7) is 1.98. The molecule has 0 fully saturated rings. The van der Waals surface area contributed by atoms with Crippen molar-refractivity contribution in [3.63, 3.8) is 0 Å². The minimum absolute atomic E-state index is 0.120. The summed E-state index contributed by atoms with van der Waals surface area (Å²) < 4.78 is 40.1. The van der Waals surface area contributed by atoms with Gasteiger partial charge in [-0.3, -0.25) is 4.79 Å². The number of furan rings is 1. The molecular weight excluding hydrogens is 396 g/mol. The molecule has 2 rings (SSSR count). The Kier molecular flexibility index (Phi) is 7.46. The first-order valence-electron chi connectivity index (χ1n) is 8.84. The van der Waals surface area contributed by atoms with Crippen LogP contribution >= 0.6 is 0 Å². The third kappa shape index (κ3) is 6.37. The molecule has 0 aliphatic carbocycles. The van der Waals surface area contributed by atoms with E-state index in [4.69, 9.17) is 13.9 Å². The van der Waals surface area contributed by atoms with Crippen LogP contribution in [0.25, 0.3) is 6.08 Å². The number of ether oxygens (including phenoxy) is 2. The van der Waals surface area contributed by atoms with E-state index in [-0.39, 0.29) is 18.5 Å². The Labute approximate surface area is 171 Å². The number of hydrogen-bond donors (Lipinski definition) is 1. The molecule has 1 atom stereocenters. The fourth-order valence-electron chi connectivity index (χ4n) is 2.53. The van der Waals surface area contributed by atoms with Crippen molar-refractivity contribution in [3.05, 3.63) is 53.5 Å². The Balaban J connectivity index is 1.98. The lowest BCUT2D eigenvalue weighted by atomic mass is 10.1. The van der Waals surface area contributed by atoms with Gasteiger partial charge in [0.25, 0.3) is 0 Å². The molecule has 1 heterocycles. The molecule has 29 heavy (non-hydrogen) atoms. The standard InChI is InChI=1S/C20H26N2O6S/c1-14(15-6-10-18(26-3)19(12-15)27-4)21-20(23)11-9-16-7-8-17(28-16)13-22(2)29(5,24)25/h6-12,14H,13H2,1-5H3,(H,21,23)/b11-9+/t14-/m1/s1. The minimum Gasteiger partial charge on any atom is -0.493 e. The van der Waals surface area contributed by atoms with Crippen LogP contribution < -0.4 is 14.8 Å². The summed E-state index contributed by atoms with van der Waals surface area (Å²) in [5.74, 6) is 1.85. The molecular formula is C20H26N2O6S. The summed E-state index contributed by atoms with van der Waals surface area (Å²) in [7, 11) is 1.29. The summed E-state index contributed by atoms with van der Waals surface area (Å²) in [5.41, 5.74) is 0.869. The largest absolute Gasteiger partial charge is 0.493 e. The lowest BCUT2D eigenvalue weighted by molar-refractivity contribution is -0.117. The second kappa shape index (κ2) is 9.62. The highest BCUT2D eigenvalue weighted by atomic mass is 32.2. The van der Waals surface area contributed by atoms with E-state index in [0.29, 0.717) is 23.0 Å². The second-order valence-corrected chi connectivity index (χ2v) is 8.59. The molecule has 0 radical (unpaired) electrons. The van der Waals surface area contributed by atoms with E-state index in [1.54, 1.807) is 32.4 Å². The van der Waals surface area contributed by atoms with E-state index in [1.807, 2.05) is 19.1 Å². The molecule has 1 amide bonds. The molecule has 8 nitrogen and oxygen atoms in total. The number of carbonyl (C=O) groups excluding carboxylic acids is 1. The van der Waals surface area contributed by atoms with Crippen molar-refractivity contribution < 1.29 is 27.1 Å². The highest BCUT2D eigenvalue weighted by molar-refractivity contribution is 7.88. The van der Waals surface area contributed by atoms with Crippen molar-refractivity contribution in [1.29, 1.82) is 0 Å². The van der Waals surface area contributed by atoms with Crippen molar-refractivity contribution in [2.24, 2.45) is 0 Å². The van der Waals surface area contributed by atoms with E-state index in [9.17, 15) is 13.2 Å². The zero-order valence-electron chi connectivity index (χ0n) is 17.1. The molecule has 0 saturated carbocycles. The van der Waals surface area contributed by atoms with Gasteiger partial charge < -0.3 is 19.2 Å². The third-order valence-corrected chi connectivity index (χ3v) is 5.55. The van der Waals surface area contributed by atoms with Gasteiger partial charge in [0.1, 0.15) is 11.5 Å². The van der Waals surface area contributed by atoms with E-state index in [1.165, 1.54) is 23.5 Å². The maximum atomic E-state index is 12.2. The Bertz CT molecular complexity index is 981. The van der Waals surface area contributed by atoms with Crippen molar-refractivity contribution >= 4 is 22.0 Å². The van der Waals surface area contributed by atoms with E-state index in [2.05, 4.69) is 5.32 Å². The molecule has 158 valence electrons. The van der Waals surface area contributed by atoms with Crippen LogP contribution in [0.15, 0.2) is 40.8 Å². The van der Waals surface area contributed by atoms with Crippen LogP contribution in [0.1, 0.15) is 30.0 Å². The van der Waals surface area contributed by atoms with Gasteiger partial charge in [0.15, 0.2) is 11.5 Å². The third-order valence-electron chi connectivity index (χ3n) is 4.29. The van der Waals surface area contributed by atoms with Crippen LogP contribution in [0.4, 0.5) is 0 Å². The number of nitrogens with one attached hydrogen (secondary N) is 1. The fraction of sp³-hybridized carbons (Fsp3) is 0.350.